The number of hydrogen-bond donors (Lipinski definition) is 1. The minimum Gasteiger partial charge on any atom is -0.489 e. The van der Waals surface area contributed by atoms with Crippen molar-refractivity contribution >= 4 is 11.6 Å². The summed E-state index contributed by atoms with van der Waals surface area (Å²) in [6.45, 7) is 0.387. The van der Waals surface area contributed by atoms with Crippen LogP contribution in [-0.2, 0) is 11.4 Å². The third-order valence-corrected chi connectivity index (χ3v) is 4.22. The molecule has 30 heavy (non-hydrogen) atoms. The Hall–Kier alpha value is -4.13. The van der Waals surface area contributed by atoms with E-state index in [0.717, 1.165) is 16.9 Å². The molecule has 0 saturated heterocycles. The predicted molar refractivity (Wildman–Crippen MR) is 111 cm³/mol. The zero-order chi connectivity index (χ0) is 20.6. The number of aromatic nitrogens is 2. The van der Waals surface area contributed by atoms with Gasteiger partial charge >= 0.3 is 0 Å². The maximum absolute atomic E-state index is 12.1. The van der Waals surface area contributed by atoms with Crippen molar-refractivity contribution in [2.75, 3.05) is 11.9 Å². The lowest BCUT2D eigenvalue weighted by Gasteiger charge is -2.09. The monoisotopic (exact) mass is 401 g/mol. The second kappa shape index (κ2) is 9.38. The van der Waals surface area contributed by atoms with Crippen molar-refractivity contribution in [1.82, 2.24) is 10.2 Å². The highest BCUT2D eigenvalue weighted by Crippen LogP contribution is 2.20. The summed E-state index contributed by atoms with van der Waals surface area (Å²) >= 11 is 0. The van der Waals surface area contributed by atoms with Crippen LogP contribution >= 0.6 is 0 Å². The Morgan fingerprint density at radius 2 is 1.57 bits per heavy atom. The molecule has 0 aliphatic rings. The zero-order valence-corrected chi connectivity index (χ0v) is 16.0. The van der Waals surface area contributed by atoms with E-state index < -0.39 is 0 Å². The van der Waals surface area contributed by atoms with Crippen molar-refractivity contribution in [1.29, 1.82) is 0 Å². The van der Waals surface area contributed by atoms with Gasteiger partial charge < -0.3 is 19.2 Å². The average Bonchev–Trinajstić information content (AvgIpc) is 3.33. The molecule has 0 atom stereocenters. The average molecular weight is 401 g/mol. The molecule has 0 radical (unpaired) electrons. The van der Waals surface area contributed by atoms with Crippen LogP contribution in [0.4, 0.5) is 5.69 Å². The standard InChI is InChI=1S/C23H19N3O4/c27-22(15-29-20-10-6-18(7-11-20)23-26-24-16-30-23)25-19-8-12-21(13-9-19)28-14-17-4-2-1-3-5-17/h1-13,16H,14-15H2,(H,25,27). The predicted octanol–water partition coefficient (Wildman–Crippen LogP) is 4.33. The Kier molecular flexibility index (Phi) is 6.00. The largest absolute Gasteiger partial charge is 0.489 e. The second-order valence-electron chi connectivity index (χ2n) is 6.40. The lowest BCUT2D eigenvalue weighted by Crippen LogP contribution is -2.20. The van der Waals surface area contributed by atoms with E-state index in [9.17, 15) is 4.79 Å². The molecule has 1 aromatic heterocycles. The van der Waals surface area contributed by atoms with Crippen molar-refractivity contribution in [3.8, 4) is 23.0 Å². The van der Waals surface area contributed by atoms with Gasteiger partial charge in [-0.3, -0.25) is 4.79 Å². The van der Waals surface area contributed by atoms with Crippen molar-refractivity contribution in [3.63, 3.8) is 0 Å². The van der Waals surface area contributed by atoms with Crippen LogP contribution < -0.4 is 14.8 Å². The van der Waals surface area contributed by atoms with Crippen LogP contribution in [0.15, 0.2) is 89.7 Å². The molecule has 150 valence electrons. The highest BCUT2D eigenvalue weighted by molar-refractivity contribution is 5.91. The number of rotatable bonds is 8. The number of amides is 1. The smallest absolute Gasteiger partial charge is 0.262 e. The number of benzene rings is 3. The fraction of sp³-hybridized carbons (Fsp3) is 0.0870. The van der Waals surface area contributed by atoms with Crippen molar-refractivity contribution in [2.24, 2.45) is 0 Å². The van der Waals surface area contributed by atoms with E-state index in [1.807, 2.05) is 42.5 Å². The van der Waals surface area contributed by atoms with Crippen LogP contribution in [0.2, 0.25) is 0 Å². The molecule has 1 N–H and O–H groups in total. The lowest BCUT2D eigenvalue weighted by molar-refractivity contribution is -0.118. The Labute approximate surface area is 173 Å². The van der Waals surface area contributed by atoms with Crippen LogP contribution in [-0.4, -0.2) is 22.7 Å². The number of anilines is 1. The Bertz CT molecular complexity index is 1060. The second-order valence-corrected chi connectivity index (χ2v) is 6.40. The van der Waals surface area contributed by atoms with E-state index in [1.165, 1.54) is 6.39 Å². The first-order valence-corrected chi connectivity index (χ1v) is 9.32. The van der Waals surface area contributed by atoms with Crippen molar-refractivity contribution in [3.05, 3.63) is 90.8 Å². The van der Waals surface area contributed by atoms with Gasteiger partial charge in [0, 0.05) is 11.3 Å². The molecule has 3 aromatic carbocycles. The molecule has 0 spiro atoms. The van der Waals surface area contributed by atoms with Gasteiger partial charge in [0.2, 0.25) is 12.3 Å². The zero-order valence-electron chi connectivity index (χ0n) is 16.0. The van der Waals surface area contributed by atoms with Gasteiger partial charge in [0.05, 0.1) is 0 Å². The number of hydrogen-bond acceptors (Lipinski definition) is 6. The SMILES string of the molecule is O=C(COc1ccc(-c2nnco2)cc1)Nc1ccc(OCc2ccccc2)cc1. The molecule has 4 rings (SSSR count). The van der Waals surface area contributed by atoms with Gasteiger partial charge in [-0.15, -0.1) is 10.2 Å². The molecule has 4 aromatic rings. The third kappa shape index (κ3) is 5.23. The van der Waals surface area contributed by atoms with Crippen LogP contribution in [0.5, 0.6) is 11.5 Å². The number of nitrogens with zero attached hydrogens (tertiary/aromatic N) is 2. The molecular formula is C23H19N3O4. The quantitative estimate of drug-likeness (QED) is 0.473. The number of nitrogens with one attached hydrogen (secondary N) is 1. The van der Waals surface area contributed by atoms with Crippen LogP contribution in [0.25, 0.3) is 11.5 Å². The molecule has 0 aliphatic carbocycles. The minimum absolute atomic E-state index is 0.105. The van der Waals surface area contributed by atoms with E-state index in [0.29, 0.717) is 23.9 Å². The fourth-order valence-corrected chi connectivity index (χ4v) is 2.71. The van der Waals surface area contributed by atoms with Gasteiger partial charge in [0.25, 0.3) is 5.91 Å². The molecule has 0 aliphatic heterocycles. The number of carbonyl (C=O) groups excluding carboxylic acids is 1. The fourth-order valence-electron chi connectivity index (χ4n) is 2.71. The maximum Gasteiger partial charge on any atom is 0.262 e. The summed E-state index contributed by atoms with van der Waals surface area (Å²) in [5.74, 6) is 1.47. The van der Waals surface area contributed by atoms with Gasteiger partial charge in [-0.25, -0.2) is 0 Å². The van der Waals surface area contributed by atoms with Gasteiger partial charge in [-0.1, -0.05) is 30.3 Å². The van der Waals surface area contributed by atoms with Crippen molar-refractivity contribution in [2.45, 2.75) is 6.61 Å². The summed E-state index contributed by atoms with van der Waals surface area (Å²) in [7, 11) is 0. The molecule has 7 heteroatoms. The van der Waals surface area contributed by atoms with Crippen LogP contribution in [0.1, 0.15) is 5.56 Å². The summed E-state index contributed by atoms with van der Waals surface area (Å²) in [5.41, 5.74) is 2.54. The lowest BCUT2D eigenvalue weighted by atomic mass is 10.2. The summed E-state index contributed by atoms with van der Waals surface area (Å²) in [6.07, 6.45) is 1.27. The first kappa shape index (κ1) is 19.2. The minimum atomic E-state index is -0.256. The normalized spacial score (nSPS) is 10.4. The molecule has 7 nitrogen and oxygen atoms in total. The van der Waals surface area contributed by atoms with Crippen molar-refractivity contribution < 1.29 is 18.7 Å². The van der Waals surface area contributed by atoms with E-state index in [1.54, 1.807) is 36.4 Å². The summed E-state index contributed by atoms with van der Waals surface area (Å²) in [4.78, 5) is 12.1. The third-order valence-electron chi connectivity index (χ3n) is 4.22. The molecule has 1 amide bonds. The molecule has 0 saturated carbocycles. The van der Waals surface area contributed by atoms with Crippen LogP contribution in [0.3, 0.4) is 0 Å². The Balaban J connectivity index is 1.24. The van der Waals surface area contributed by atoms with Crippen LogP contribution in [0, 0.1) is 0 Å². The highest BCUT2D eigenvalue weighted by atomic mass is 16.5. The Morgan fingerprint density at radius 1 is 0.867 bits per heavy atom. The van der Waals surface area contributed by atoms with Gasteiger partial charge in [0.15, 0.2) is 6.61 Å². The first-order chi connectivity index (χ1) is 14.8. The number of carbonyl (C=O) groups is 1. The molecular weight excluding hydrogens is 382 g/mol. The molecule has 1 heterocycles. The highest BCUT2D eigenvalue weighted by Gasteiger charge is 2.06. The summed E-state index contributed by atoms with van der Waals surface area (Å²) in [6, 6.07) is 24.2. The Morgan fingerprint density at radius 3 is 2.27 bits per heavy atom. The first-order valence-electron chi connectivity index (χ1n) is 9.32. The topological polar surface area (TPSA) is 86.5 Å². The van der Waals surface area contributed by atoms with E-state index in [4.69, 9.17) is 13.9 Å². The van der Waals surface area contributed by atoms with Gasteiger partial charge in [-0.2, -0.15) is 0 Å². The van der Waals surface area contributed by atoms with Gasteiger partial charge in [-0.05, 0) is 54.1 Å². The summed E-state index contributed by atoms with van der Waals surface area (Å²) < 4.78 is 16.4. The molecule has 0 unspecified atom stereocenters. The summed E-state index contributed by atoms with van der Waals surface area (Å²) in [5, 5.41) is 10.3. The number of ether oxygens (including phenoxy) is 2. The molecule has 0 bridgehead atoms. The van der Waals surface area contributed by atoms with Gasteiger partial charge in [0.1, 0.15) is 18.1 Å². The van der Waals surface area contributed by atoms with E-state index in [-0.39, 0.29) is 12.5 Å². The maximum atomic E-state index is 12.1. The van der Waals surface area contributed by atoms with E-state index in [2.05, 4.69) is 15.5 Å². The van der Waals surface area contributed by atoms with E-state index >= 15 is 0 Å². The molecule has 0 fully saturated rings.